The number of hydrogen-bond donors (Lipinski definition) is 1. The Labute approximate surface area is 176 Å². The van der Waals surface area contributed by atoms with Gasteiger partial charge in [-0.3, -0.25) is 9.48 Å². The lowest BCUT2D eigenvalue weighted by atomic mass is 9.89. The Hall–Kier alpha value is -3.12. The van der Waals surface area contributed by atoms with Crippen LogP contribution in [0.25, 0.3) is 11.3 Å². The van der Waals surface area contributed by atoms with Crippen LogP contribution in [0.1, 0.15) is 22.1 Å². The van der Waals surface area contributed by atoms with E-state index in [1.54, 1.807) is 11.8 Å². The molecule has 2 aliphatic heterocycles. The molecule has 3 heterocycles. The Balaban J connectivity index is 1.48. The van der Waals surface area contributed by atoms with Gasteiger partial charge in [0.25, 0.3) is 5.91 Å². The Kier molecular flexibility index (Phi) is 4.79. The van der Waals surface area contributed by atoms with Gasteiger partial charge in [-0.05, 0) is 35.2 Å². The van der Waals surface area contributed by atoms with Crippen LogP contribution in [0, 0.1) is 11.8 Å². The molecule has 0 radical (unpaired) electrons. The van der Waals surface area contributed by atoms with E-state index < -0.39 is 0 Å². The van der Waals surface area contributed by atoms with Gasteiger partial charge in [-0.2, -0.15) is 5.10 Å². The van der Waals surface area contributed by atoms with Crippen LogP contribution >= 0.6 is 0 Å². The van der Waals surface area contributed by atoms with Crippen LogP contribution in [0.4, 0.5) is 0 Å². The molecule has 5 rings (SSSR count). The van der Waals surface area contributed by atoms with Crippen LogP contribution in [-0.4, -0.2) is 47.3 Å². The van der Waals surface area contributed by atoms with Gasteiger partial charge >= 0.3 is 0 Å². The number of nitrogens with zero attached hydrogens (tertiary/aromatic N) is 3. The van der Waals surface area contributed by atoms with Crippen molar-refractivity contribution in [1.82, 2.24) is 20.0 Å². The summed E-state index contributed by atoms with van der Waals surface area (Å²) >= 11 is 0. The molecule has 6 nitrogen and oxygen atoms in total. The molecule has 1 N–H and O–H groups in total. The molecule has 30 heavy (non-hydrogen) atoms. The molecule has 2 saturated heterocycles. The van der Waals surface area contributed by atoms with Gasteiger partial charge in [0.15, 0.2) is 5.69 Å². The first-order chi connectivity index (χ1) is 14.7. The van der Waals surface area contributed by atoms with Crippen LogP contribution in [0.2, 0.25) is 0 Å². The fraction of sp³-hybridized carbons (Fsp3) is 0.333. The minimum absolute atomic E-state index is 0.00278. The van der Waals surface area contributed by atoms with Gasteiger partial charge in [0.2, 0.25) is 0 Å². The SMILES string of the molecule is COc1ccc([C@@H]2[C@H]3CNC[C@H]3CN2C(=O)c2cc(-c3ccccc3)n(C)n2)cc1. The molecule has 3 atom stereocenters. The van der Waals surface area contributed by atoms with Crippen LogP contribution < -0.4 is 10.1 Å². The normalized spacial score (nSPS) is 22.9. The van der Waals surface area contributed by atoms with Crippen LogP contribution in [0.15, 0.2) is 60.7 Å². The predicted molar refractivity (Wildman–Crippen MR) is 115 cm³/mol. The largest absolute Gasteiger partial charge is 0.497 e. The number of amides is 1. The number of hydrogen-bond acceptors (Lipinski definition) is 4. The lowest BCUT2D eigenvalue weighted by molar-refractivity contribution is 0.0707. The number of fused-ring (bicyclic) bond motifs is 1. The molecule has 0 unspecified atom stereocenters. The Bertz CT molecular complexity index is 1040. The molecule has 0 bridgehead atoms. The maximum Gasteiger partial charge on any atom is 0.274 e. The van der Waals surface area contributed by atoms with Crippen molar-refractivity contribution in [2.75, 3.05) is 26.7 Å². The zero-order valence-corrected chi connectivity index (χ0v) is 17.3. The van der Waals surface area contributed by atoms with Crippen molar-refractivity contribution in [2.24, 2.45) is 18.9 Å². The first-order valence-electron chi connectivity index (χ1n) is 10.4. The number of likely N-dealkylation sites (tertiary alicyclic amines) is 1. The number of aryl methyl sites for hydroxylation is 1. The topological polar surface area (TPSA) is 59.4 Å². The van der Waals surface area contributed by atoms with E-state index in [4.69, 9.17) is 4.74 Å². The summed E-state index contributed by atoms with van der Waals surface area (Å²) in [5.74, 6) is 1.72. The van der Waals surface area contributed by atoms with Crippen LogP contribution in [0.5, 0.6) is 5.75 Å². The highest BCUT2D eigenvalue weighted by molar-refractivity contribution is 5.94. The van der Waals surface area contributed by atoms with E-state index in [0.717, 1.165) is 42.2 Å². The van der Waals surface area contributed by atoms with Gasteiger partial charge in [0, 0.05) is 32.6 Å². The fourth-order valence-corrected chi connectivity index (χ4v) is 4.96. The molecular formula is C24H26N4O2. The van der Waals surface area contributed by atoms with E-state index in [2.05, 4.69) is 22.5 Å². The fourth-order valence-electron chi connectivity index (χ4n) is 4.96. The number of ether oxygens (including phenoxy) is 1. The molecular weight excluding hydrogens is 376 g/mol. The summed E-state index contributed by atoms with van der Waals surface area (Å²) in [4.78, 5) is 15.6. The molecule has 2 aromatic carbocycles. The van der Waals surface area contributed by atoms with Crippen molar-refractivity contribution in [3.05, 3.63) is 71.9 Å². The molecule has 2 aliphatic rings. The van der Waals surface area contributed by atoms with E-state index in [-0.39, 0.29) is 11.9 Å². The first-order valence-corrected chi connectivity index (χ1v) is 10.4. The van der Waals surface area contributed by atoms with Gasteiger partial charge in [0.1, 0.15) is 5.75 Å². The zero-order valence-electron chi connectivity index (χ0n) is 17.3. The third kappa shape index (κ3) is 3.17. The van der Waals surface area contributed by atoms with E-state index in [0.29, 0.717) is 17.5 Å². The lowest BCUT2D eigenvalue weighted by Gasteiger charge is -2.28. The monoisotopic (exact) mass is 402 g/mol. The van der Waals surface area contributed by atoms with Gasteiger partial charge < -0.3 is 15.0 Å². The summed E-state index contributed by atoms with van der Waals surface area (Å²) in [6.45, 7) is 2.64. The minimum atomic E-state index is 0.00278. The molecule has 2 fully saturated rings. The van der Waals surface area contributed by atoms with Crippen molar-refractivity contribution in [3.8, 4) is 17.0 Å². The highest BCUT2D eigenvalue weighted by Gasteiger charge is 2.47. The van der Waals surface area contributed by atoms with E-state index in [1.165, 1.54) is 0 Å². The predicted octanol–water partition coefficient (Wildman–Crippen LogP) is 3.13. The summed E-state index contributed by atoms with van der Waals surface area (Å²) in [6, 6.07) is 20.1. The van der Waals surface area contributed by atoms with E-state index in [9.17, 15) is 4.79 Å². The van der Waals surface area contributed by atoms with Crippen molar-refractivity contribution < 1.29 is 9.53 Å². The molecule has 0 saturated carbocycles. The minimum Gasteiger partial charge on any atom is -0.497 e. The van der Waals surface area contributed by atoms with Gasteiger partial charge in [-0.15, -0.1) is 0 Å². The quantitative estimate of drug-likeness (QED) is 0.729. The number of carbonyl (C=O) groups is 1. The number of carbonyl (C=O) groups excluding carboxylic acids is 1. The molecule has 154 valence electrons. The molecule has 6 heteroatoms. The third-order valence-corrected chi connectivity index (χ3v) is 6.45. The molecule has 1 amide bonds. The van der Waals surface area contributed by atoms with Crippen molar-refractivity contribution in [3.63, 3.8) is 0 Å². The van der Waals surface area contributed by atoms with Gasteiger partial charge in [0.05, 0.1) is 18.8 Å². The molecule has 3 aromatic rings. The van der Waals surface area contributed by atoms with E-state index >= 15 is 0 Å². The zero-order chi connectivity index (χ0) is 20.7. The maximum atomic E-state index is 13.6. The Morgan fingerprint density at radius 3 is 2.60 bits per heavy atom. The van der Waals surface area contributed by atoms with Gasteiger partial charge in [-0.25, -0.2) is 0 Å². The maximum absolute atomic E-state index is 13.6. The first kappa shape index (κ1) is 18.9. The summed E-state index contributed by atoms with van der Waals surface area (Å²) in [5, 5.41) is 8.07. The summed E-state index contributed by atoms with van der Waals surface area (Å²) in [5.41, 5.74) is 3.66. The second-order valence-corrected chi connectivity index (χ2v) is 8.16. The number of aromatic nitrogens is 2. The second kappa shape index (κ2) is 7.61. The molecule has 1 aromatic heterocycles. The number of benzene rings is 2. The number of methoxy groups -OCH3 is 1. The number of rotatable bonds is 4. The Morgan fingerprint density at radius 2 is 1.87 bits per heavy atom. The highest BCUT2D eigenvalue weighted by Crippen LogP contribution is 2.43. The van der Waals surface area contributed by atoms with Crippen molar-refractivity contribution in [2.45, 2.75) is 6.04 Å². The lowest BCUT2D eigenvalue weighted by Crippen LogP contribution is -2.35. The molecule has 0 aliphatic carbocycles. The summed E-state index contributed by atoms with van der Waals surface area (Å²) in [6.07, 6.45) is 0. The molecule has 0 spiro atoms. The third-order valence-electron chi connectivity index (χ3n) is 6.45. The van der Waals surface area contributed by atoms with Crippen molar-refractivity contribution >= 4 is 5.91 Å². The average Bonchev–Trinajstić information content (AvgIpc) is 3.48. The van der Waals surface area contributed by atoms with Crippen LogP contribution in [-0.2, 0) is 7.05 Å². The Morgan fingerprint density at radius 1 is 1.10 bits per heavy atom. The second-order valence-electron chi connectivity index (χ2n) is 8.16. The van der Waals surface area contributed by atoms with E-state index in [1.807, 2.05) is 60.5 Å². The van der Waals surface area contributed by atoms with Crippen molar-refractivity contribution in [1.29, 1.82) is 0 Å². The standard InChI is InChI=1S/C24H26N4O2/c1-27-22(16-6-4-3-5-7-16)12-21(26-27)24(29)28-15-18-13-25-14-20(18)23(28)17-8-10-19(30-2)11-9-17/h3-12,18,20,23,25H,13-15H2,1-2H3/t18-,20-,23+/m0/s1. The van der Waals surface area contributed by atoms with Crippen LogP contribution in [0.3, 0.4) is 0 Å². The van der Waals surface area contributed by atoms with Gasteiger partial charge in [-0.1, -0.05) is 42.5 Å². The smallest absolute Gasteiger partial charge is 0.274 e. The highest BCUT2D eigenvalue weighted by atomic mass is 16.5. The summed E-state index contributed by atoms with van der Waals surface area (Å²) < 4.78 is 7.11. The summed E-state index contributed by atoms with van der Waals surface area (Å²) in [7, 11) is 3.56. The number of nitrogens with one attached hydrogen (secondary N) is 1. The average molecular weight is 402 g/mol.